The highest BCUT2D eigenvalue weighted by Gasteiger charge is 2.06. The highest BCUT2D eigenvalue weighted by Crippen LogP contribution is 2.06. The molecule has 0 aromatic carbocycles. The molecule has 4 nitrogen and oxygen atoms in total. The molecule has 0 spiro atoms. The lowest BCUT2D eigenvalue weighted by Gasteiger charge is -2.00. The molecule has 0 bridgehead atoms. The third kappa shape index (κ3) is 6.20. The molecule has 0 aliphatic heterocycles. The number of hydrogen-bond donors (Lipinski definition) is 0. The molecule has 1 aromatic heterocycles. The predicted molar refractivity (Wildman–Crippen MR) is 91.0 cm³/mol. The molecule has 0 N–H and O–H groups in total. The zero-order valence-electron chi connectivity index (χ0n) is 13.9. The molecule has 1 rings (SSSR count). The van der Waals surface area contributed by atoms with Crippen LogP contribution >= 0.6 is 11.5 Å². The lowest BCUT2D eigenvalue weighted by atomic mass is 10.1. The van der Waals surface area contributed by atoms with Gasteiger partial charge in [0.2, 0.25) is 4.80 Å². The van der Waals surface area contributed by atoms with E-state index in [0.29, 0.717) is 6.54 Å². The summed E-state index contributed by atoms with van der Waals surface area (Å²) in [5, 5.41) is 0. The molecule has 0 aliphatic carbocycles. The fraction of sp³-hybridized carbons (Fsp3) is 0.875. The first-order chi connectivity index (χ1) is 10.2. The van der Waals surface area contributed by atoms with Crippen molar-refractivity contribution in [1.29, 1.82) is 0 Å². The van der Waals surface area contributed by atoms with Crippen molar-refractivity contribution in [3.63, 3.8) is 0 Å². The maximum absolute atomic E-state index is 12.3. The third-order valence-electron chi connectivity index (χ3n) is 3.66. The highest BCUT2D eigenvalue weighted by atomic mass is 32.1. The highest BCUT2D eigenvalue weighted by molar-refractivity contribution is 7.03. The number of nitrogens with zero attached hydrogens (tertiary/aromatic N) is 3. The molecule has 0 fully saturated rings. The van der Waals surface area contributed by atoms with E-state index < -0.39 is 0 Å². The van der Waals surface area contributed by atoms with E-state index in [1.807, 2.05) is 10.9 Å². The van der Waals surface area contributed by atoms with Crippen molar-refractivity contribution < 1.29 is 0 Å². The molecule has 0 amide bonds. The van der Waals surface area contributed by atoms with Crippen molar-refractivity contribution >= 4 is 11.5 Å². The van der Waals surface area contributed by atoms with Gasteiger partial charge in [0, 0.05) is 19.6 Å². The first-order valence-electron chi connectivity index (χ1n) is 8.56. The van der Waals surface area contributed by atoms with Gasteiger partial charge in [0.1, 0.15) is 0 Å². The van der Waals surface area contributed by atoms with E-state index in [-0.39, 0.29) is 5.69 Å². The second-order valence-electron chi connectivity index (χ2n) is 5.51. The number of hydrogen-bond acceptors (Lipinski definition) is 3. The fourth-order valence-electron chi connectivity index (χ4n) is 2.30. The standard InChI is InChI=1S/C16H31N3OS/c1-4-7-9-10-11-12-14-19-16(20)18(6-3)15(21-19)17-13-8-5-2/h4-14H2,1-3H3. The molecule has 0 radical (unpaired) electrons. The fourth-order valence-corrected chi connectivity index (χ4v) is 3.35. The molecule has 0 unspecified atom stereocenters. The summed E-state index contributed by atoms with van der Waals surface area (Å²) in [6.45, 7) is 8.80. The zero-order valence-corrected chi connectivity index (χ0v) is 14.8. The van der Waals surface area contributed by atoms with Gasteiger partial charge in [-0.1, -0.05) is 52.4 Å². The number of rotatable bonds is 11. The lowest BCUT2D eigenvalue weighted by Crippen LogP contribution is -2.29. The Hall–Kier alpha value is -0.840. The van der Waals surface area contributed by atoms with Gasteiger partial charge < -0.3 is 0 Å². The van der Waals surface area contributed by atoms with E-state index in [4.69, 9.17) is 0 Å². The predicted octanol–water partition coefficient (Wildman–Crippen LogP) is 3.79. The minimum absolute atomic E-state index is 0.117. The van der Waals surface area contributed by atoms with Gasteiger partial charge in [0.05, 0.1) is 0 Å². The Bertz CT molecular complexity index is 498. The van der Waals surface area contributed by atoms with Crippen LogP contribution in [0.1, 0.15) is 72.1 Å². The molecule has 21 heavy (non-hydrogen) atoms. The summed E-state index contributed by atoms with van der Waals surface area (Å²) in [6.07, 6.45) is 9.77. The van der Waals surface area contributed by atoms with E-state index in [2.05, 4.69) is 18.8 Å². The Morgan fingerprint density at radius 1 is 0.952 bits per heavy atom. The van der Waals surface area contributed by atoms with Gasteiger partial charge in [-0.2, -0.15) is 0 Å². The van der Waals surface area contributed by atoms with E-state index >= 15 is 0 Å². The molecule has 0 aliphatic rings. The van der Waals surface area contributed by atoms with Crippen molar-refractivity contribution in [2.75, 3.05) is 6.54 Å². The third-order valence-corrected chi connectivity index (χ3v) is 4.73. The molecule has 0 atom stereocenters. The summed E-state index contributed by atoms with van der Waals surface area (Å²) in [6, 6.07) is 0. The van der Waals surface area contributed by atoms with Crippen LogP contribution in [0.4, 0.5) is 0 Å². The Balaban J connectivity index is 2.58. The Labute approximate surface area is 132 Å². The van der Waals surface area contributed by atoms with Crippen LogP contribution in [0.25, 0.3) is 0 Å². The molecule has 0 saturated carbocycles. The molecule has 1 heterocycles. The molecule has 1 aromatic rings. The van der Waals surface area contributed by atoms with Gasteiger partial charge >= 0.3 is 5.69 Å². The van der Waals surface area contributed by atoms with E-state index in [1.54, 1.807) is 4.57 Å². The molecule has 0 saturated heterocycles. The first kappa shape index (κ1) is 18.2. The van der Waals surface area contributed by atoms with Crippen LogP contribution in [0, 0.1) is 0 Å². The summed E-state index contributed by atoms with van der Waals surface area (Å²) in [4.78, 5) is 17.8. The summed E-state index contributed by atoms with van der Waals surface area (Å²) >= 11 is 1.53. The smallest absolute Gasteiger partial charge is 0.268 e. The van der Waals surface area contributed by atoms with Crippen LogP contribution < -0.4 is 10.5 Å². The second kappa shape index (κ2) is 10.8. The van der Waals surface area contributed by atoms with Crippen molar-refractivity contribution in [1.82, 2.24) is 8.52 Å². The first-order valence-corrected chi connectivity index (χ1v) is 9.33. The number of aryl methyl sites for hydroxylation is 1. The van der Waals surface area contributed by atoms with Crippen molar-refractivity contribution in [3.05, 3.63) is 15.3 Å². The zero-order chi connectivity index (χ0) is 15.5. The minimum Gasteiger partial charge on any atom is -0.268 e. The van der Waals surface area contributed by atoms with Crippen molar-refractivity contribution in [2.45, 2.75) is 85.2 Å². The maximum atomic E-state index is 12.3. The minimum atomic E-state index is 0.117. The summed E-state index contributed by atoms with van der Waals surface area (Å²) < 4.78 is 3.69. The van der Waals surface area contributed by atoms with Gasteiger partial charge in [-0.3, -0.25) is 9.56 Å². The quantitative estimate of drug-likeness (QED) is 0.573. The molecule has 5 heteroatoms. The van der Waals surface area contributed by atoms with E-state index in [1.165, 1.54) is 43.6 Å². The largest absolute Gasteiger partial charge is 0.339 e. The Morgan fingerprint density at radius 2 is 1.62 bits per heavy atom. The SMILES string of the molecule is CCCCCCCCn1sc(=NCCCC)n(CC)c1=O. The van der Waals surface area contributed by atoms with Gasteiger partial charge in [-0.05, 0) is 31.3 Å². The maximum Gasteiger partial charge on any atom is 0.339 e. The monoisotopic (exact) mass is 313 g/mol. The average molecular weight is 314 g/mol. The van der Waals surface area contributed by atoms with Gasteiger partial charge in [0.15, 0.2) is 0 Å². The molecular weight excluding hydrogens is 282 g/mol. The normalized spacial score (nSPS) is 12.2. The van der Waals surface area contributed by atoms with Crippen LogP contribution in [0.15, 0.2) is 9.79 Å². The molecular formula is C16H31N3OS. The van der Waals surface area contributed by atoms with Crippen molar-refractivity contribution in [2.24, 2.45) is 4.99 Å². The van der Waals surface area contributed by atoms with Crippen molar-refractivity contribution in [3.8, 4) is 0 Å². The summed E-state index contributed by atoms with van der Waals surface area (Å²) in [7, 11) is 0. The topological polar surface area (TPSA) is 39.3 Å². The Morgan fingerprint density at radius 3 is 2.29 bits per heavy atom. The van der Waals surface area contributed by atoms with Crippen LogP contribution in [0.2, 0.25) is 0 Å². The molecule has 122 valence electrons. The lowest BCUT2D eigenvalue weighted by molar-refractivity contribution is 0.553. The average Bonchev–Trinajstić information content (AvgIpc) is 2.79. The van der Waals surface area contributed by atoms with Crippen LogP contribution in [-0.2, 0) is 13.1 Å². The van der Waals surface area contributed by atoms with Gasteiger partial charge in [-0.15, -0.1) is 0 Å². The van der Waals surface area contributed by atoms with Gasteiger partial charge in [-0.25, -0.2) is 8.75 Å². The second-order valence-corrected chi connectivity index (χ2v) is 6.49. The number of unbranched alkanes of at least 4 members (excludes halogenated alkanes) is 6. The summed E-state index contributed by atoms with van der Waals surface area (Å²) in [5.41, 5.74) is 0.117. The van der Waals surface area contributed by atoms with Crippen LogP contribution in [0.3, 0.4) is 0 Å². The van der Waals surface area contributed by atoms with E-state index in [0.717, 1.165) is 37.2 Å². The van der Waals surface area contributed by atoms with Gasteiger partial charge in [0.25, 0.3) is 0 Å². The van der Waals surface area contributed by atoms with E-state index in [9.17, 15) is 4.79 Å². The number of aromatic nitrogens is 2. The van der Waals surface area contributed by atoms with Crippen LogP contribution in [0.5, 0.6) is 0 Å². The Kier molecular flexibility index (Phi) is 9.39. The summed E-state index contributed by atoms with van der Waals surface area (Å²) in [5.74, 6) is 0. The van der Waals surface area contributed by atoms with Crippen LogP contribution in [-0.4, -0.2) is 15.1 Å².